The number of aliphatic hydroxyl groups excluding tert-OH is 1. The second-order valence-corrected chi connectivity index (χ2v) is 4.59. The monoisotopic (exact) mass is 266 g/mol. The molecule has 0 unspecified atom stereocenters. The van der Waals surface area contributed by atoms with Crippen LogP contribution in [-0.4, -0.2) is 41.8 Å². The Balaban J connectivity index is 3.10. The molecule has 0 bridgehead atoms. The maximum absolute atomic E-state index is 8.99. The molecule has 19 heavy (non-hydrogen) atoms. The molecular weight excluding hydrogens is 240 g/mol. The average molecular weight is 266 g/mol. The van der Waals surface area contributed by atoms with Crippen LogP contribution in [0.15, 0.2) is 0 Å². The van der Waals surface area contributed by atoms with Crippen molar-refractivity contribution in [3.8, 4) is 0 Å². The Morgan fingerprint density at radius 1 is 1.26 bits per heavy atom. The van der Waals surface area contributed by atoms with Gasteiger partial charge in [0.1, 0.15) is 17.5 Å². The first-order chi connectivity index (χ1) is 9.17. The second-order valence-electron chi connectivity index (χ2n) is 4.59. The van der Waals surface area contributed by atoms with Crippen LogP contribution in [0, 0.1) is 6.92 Å². The first-order valence-electron chi connectivity index (χ1n) is 7.08. The van der Waals surface area contributed by atoms with Gasteiger partial charge in [-0.05, 0) is 26.7 Å². The van der Waals surface area contributed by atoms with E-state index in [0.717, 1.165) is 55.4 Å². The molecule has 1 aromatic rings. The maximum Gasteiger partial charge on any atom is 0.137 e. The third-order valence-electron chi connectivity index (χ3n) is 3.14. The van der Waals surface area contributed by atoms with Gasteiger partial charge in [-0.25, -0.2) is 9.97 Å². The average Bonchev–Trinajstić information content (AvgIpc) is 2.42. The Kier molecular flexibility index (Phi) is 6.56. The minimum atomic E-state index is 0.210. The highest BCUT2D eigenvalue weighted by molar-refractivity contribution is 5.58. The molecule has 0 fully saturated rings. The Labute approximate surface area is 116 Å². The van der Waals surface area contributed by atoms with Crippen molar-refractivity contribution in [2.75, 3.05) is 37.0 Å². The predicted octanol–water partition coefficient (Wildman–Crippen LogP) is 1.99. The quantitative estimate of drug-likeness (QED) is 0.753. The van der Waals surface area contributed by atoms with E-state index in [2.05, 4.69) is 34.0 Å². The van der Waals surface area contributed by atoms with Gasteiger partial charge < -0.3 is 15.3 Å². The minimum absolute atomic E-state index is 0.210. The van der Waals surface area contributed by atoms with Gasteiger partial charge in [0.2, 0.25) is 0 Å². The Bertz CT molecular complexity index is 395. The zero-order valence-electron chi connectivity index (χ0n) is 12.5. The number of nitrogens with zero attached hydrogens (tertiary/aromatic N) is 3. The molecule has 0 radical (unpaired) electrons. The van der Waals surface area contributed by atoms with Crippen molar-refractivity contribution in [2.45, 2.75) is 40.0 Å². The lowest BCUT2D eigenvalue weighted by molar-refractivity contribution is 0.289. The van der Waals surface area contributed by atoms with E-state index < -0.39 is 0 Å². The number of hydrogen-bond acceptors (Lipinski definition) is 5. The number of hydrogen-bond donors (Lipinski definition) is 2. The Morgan fingerprint density at radius 3 is 2.53 bits per heavy atom. The first-order valence-corrected chi connectivity index (χ1v) is 7.08. The molecule has 108 valence electrons. The second kappa shape index (κ2) is 7.94. The van der Waals surface area contributed by atoms with Gasteiger partial charge in [0.25, 0.3) is 0 Å². The lowest BCUT2D eigenvalue weighted by Gasteiger charge is -2.25. The summed E-state index contributed by atoms with van der Waals surface area (Å²) in [6, 6.07) is 0. The number of aryl methyl sites for hydroxylation is 1. The smallest absolute Gasteiger partial charge is 0.137 e. The van der Waals surface area contributed by atoms with Crippen LogP contribution in [0.4, 0.5) is 11.6 Å². The van der Waals surface area contributed by atoms with Crippen LogP contribution >= 0.6 is 0 Å². The molecule has 0 saturated carbocycles. The van der Waals surface area contributed by atoms with Gasteiger partial charge >= 0.3 is 0 Å². The fourth-order valence-corrected chi connectivity index (χ4v) is 2.11. The van der Waals surface area contributed by atoms with Gasteiger partial charge in [0.15, 0.2) is 0 Å². The zero-order chi connectivity index (χ0) is 14.3. The van der Waals surface area contributed by atoms with E-state index in [9.17, 15) is 0 Å². The molecule has 0 aliphatic carbocycles. The minimum Gasteiger partial charge on any atom is -0.396 e. The van der Waals surface area contributed by atoms with E-state index in [1.807, 2.05) is 14.0 Å². The molecule has 1 aromatic heterocycles. The van der Waals surface area contributed by atoms with Crippen molar-refractivity contribution in [3.05, 3.63) is 11.4 Å². The molecule has 0 saturated heterocycles. The summed E-state index contributed by atoms with van der Waals surface area (Å²) in [7, 11) is 1.89. The van der Waals surface area contributed by atoms with Crippen molar-refractivity contribution in [3.63, 3.8) is 0 Å². The molecule has 0 aromatic carbocycles. The van der Waals surface area contributed by atoms with E-state index in [1.54, 1.807) is 0 Å². The van der Waals surface area contributed by atoms with Crippen LogP contribution in [-0.2, 0) is 6.42 Å². The predicted molar refractivity (Wildman–Crippen MR) is 79.9 cm³/mol. The van der Waals surface area contributed by atoms with Crippen molar-refractivity contribution in [2.24, 2.45) is 0 Å². The number of nitrogens with one attached hydrogen (secondary N) is 1. The van der Waals surface area contributed by atoms with Crippen LogP contribution in [0.2, 0.25) is 0 Å². The van der Waals surface area contributed by atoms with Gasteiger partial charge in [-0.1, -0.05) is 6.92 Å². The standard InChI is InChI=1S/C14H26N4O/c1-5-8-12-16-13(15-4)11(3)14(17-12)18(6-2)9-7-10-19/h19H,5-10H2,1-4H3,(H,15,16,17). The van der Waals surface area contributed by atoms with E-state index in [1.165, 1.54) is 0 Å². The van der Waals surface area contributed by atoms with Crippen molar-refractivity contribution in [1.82, 2.24) is 9.97 Å². The fraction of sp³-hybridized carbons (Fsp3) is 0.714. The molecular formula is C14H26N4O. The highest BCUT2D eigenvalue weighted by Gasteiger charge is 2.14. The first kappa shape index (κ1) is 15.7. The Hall–Kier alpha value is -1.36. The summed E-state index contributed by atoms with van der Waals surface area (Å²) < 4.78 is 0. The lowest BCUT2D eigenvalue weighted by atomic mass is 10.2. The molecule has 0 atom stereocenters. The molecule has 5 heteroatoms. The molecule has 1 rings (SSSR count). The summed E-state index contributed by atoms with van der Waals surface area (Å²) in [4.78, 5) is 11.4. The van der Waals surface area contributed by atoms with Gasteiger partial charge in [0, 0.05) is 38.7 Å². The number of anilines is 2. The molecule has 2 N–H and O–H groups in total. The highest BCUT2D eigenvalue weighted by atomic mass is 16.3. The summed E-state index contributed by atoms with van der Waals surface area (Å²) in [5.74, 6) is 2.77. The summed E-state index contributed by atoms with van der Waals surface area (Å²) in [6.07, 6.45) is 2.68. The van der Waals surface area contributed by atoms with Crippen molar-refractivity contribution >= 4 is 11.6 Å². The summed E-state index contributed by atoms with van der Waals surface area (Å²) >= 11 is 0. The fourth-order valence-electron chi connectivity index (χ4n) is 2.11. The zero-order valence-corrected chi connectivity index (χ0v) is 12.5. The summed E-state index contributed by atoms with van der Waals surface area (Å²) in [5, 5.41) is 12.1. The summed E-state index contributed by atoms with van der Waals surface area (Å²) in [5.41, 5.74) is 1.07. The van der Waals surface area contributed by atoms with Crippen molar-refractivity contribution < 1.29 is 5.11 Å². The van der Waals surface area contributed by atoms with E-state index in [4.69, 9.17) is 5.11 Å². The SMILES string of the molecule is CCCc1nc(NC)c(C)c(N(CC)CCCO)n1. The normalized spacial score (nSPS) is 10.6. The number of aliphatic hydroxyl groups is 1. The van der Waals surface area contributed by atoms with E-state index >= 15 is 0 Å². The number of rotatable bonds is 8. The lowest BCUT2D eigenvalue weighted by Crippen LogP contribution is -2.27. The molecule has 0 spiro atoms. The van der Waals surface area contributed by atoms with Crippen LogP contribution in [0.1, 0.15) is 38.1 Å². The molecule has 5 nitrogen and oxygen atoms in total. The molecule has 0 aliphatic heterocycles. The highest BCUT2D eigenvalue weighted by Crippen LogP contribution is 2.23. The van der Waals surface area contributed by atoms with Gasteiger partial charge in [-0.15, -0.1) is 0 Å². The van der Waals surface area contributed by atoms with E-state index in [0.29, 0.717) is 0 Å². The third-order valence-corrected chi connectivity index (χ3v) is 3.14. The van der Waals surface area contributed by atoms with E-state index in [-0.39, 0.29) is 6.61 Å². The maximum atomic E-state index is 8.99. The van der Waals surface area contributed by atoms with Crippen molar-refractivity contribution in [1.29, 1.82) is 0 Å². The number of aromatic nitrogens is 2. The Morgan fingerprint density at radius 2 is 2.00 bits per heavy atom. The van der Waals surface area contributed by atoms with Crippen LogP contribution in [0.25, 0.3) is 0 Å². The molecule has 1 heterocycles. The van der Waals surface area contributed by atoms with Gasteiger partial charge in [-0.3, -0.25) is 0 Å². The van der Waals surface area contributed by atoms with Crippen LogP contribution < -0.4 is 10.2 Å². The van der Waals surface area contributed by atoms with Crippen LogP contribution in [0.5, 0.6) is 0 Å². The van der Waals surface area contributed by atoms with Crippen LogP contribution in [0.3, 0.4) is 0 Å². The van der Waals surface area contributed by atoms with Gasteiger partial charge in [-0.2, -0.15) is 0 Å². The third kappa shape index (κ3) is 4.06. The molecule has 0 aliphatic rings. The topological polar surface area (TPSA) is 61.3 Å². The molecule has 0 amide bonds. The van der Waals surface area contributed by atoms with Gasteiger partial charge in [0.05, 0.1) is 0 Å². The largest absolute Gasteiger partial charge is 0.396 e. The summed E-state index contributed by atoms with van der Waals surface area (Å²) in [6.45, 7) is 8.19.